The van der Waals surface area contributed by atoms with Crippen LogP contribution in [0.2, 0.25) is 0 Å². The number of anilines is 3. The van der Waals surface area contributed by atoms with E-state index in [0.717, 1.165) is 21.0 Å². The van der Waals surface area contributed by atoms with E-state index in [1.54, 1.807) is 18.6 Å². The summed E-state index contributed by atoms with van der Waals surface area (Å²) in [6.07, 6.45) is -0.371. The molecule has 1 aliphatic rings. The summed E-state index contributed by atoms with van der Waals surface area (Å²) < 4.78 is 44.9. The van der Waals surface area contributed by atoms with E-state index in [-0.39, 0.29) is 21.8 Å². The van der Waals surface area contributed by atoms with Gasteiger partial charge in [0, 0.05) is 38.6 Å². The number of benzene rings is 1. The van der Waals surface area contributed by atoms with Crippen molar-refractivity contribution < 1.29 is 25.6 Å². The average molecular weight is 503 g/mol. The van der Waals surface area contributed by atoms with Crippen LogP contribution in [-0.2, 0) is 30.5 Å². The zero-order valence-corrected chi connectivity index (χ0v) is 19.0. The average Bonchev–Trinajstić information content (AvgIpc) is 3.32. The molecular weight excluding hydrogens is 479 g/mol. The smallest absolute Gasteiger partial charge is 0.451 e. The summed E-state index contributed by atoms with van der Waals surface area (Å²) in [5.74, 6) is 0.165. The molecule has 4 heterocycles. The lowest BCUT2D eigenvalue weighted by molar-refractivity contribution is -0.147. The van der Waals surface area contributed by atoms with Crippen molar-refractivity contribution in [2.45, 2.75) is 25.8 Å². The summed E-state index contributed by atoms with van der Waals surface area (Å²) >= 11 is 0. The highest BCUT2D eigenvalue weighted by Gasteiger charge is 2.39. The van der Waals surface area contributed by atoms with Crippen LogP contribution in [0.1, 0.15) is 20.2 Å². The van der Waals surface area contributed by atoms with Gasteiger partial charge in [0.2, 0.25) is 5.82 Å². The fourth-order valence-electron chi connectivity index (χ4n) is 3.96. The molecule has 0 bridgehead atoms. The predicted octanol–water partition coefficient (Wildman–Crippen LogP) is 3.94. The van der Waals surface area contributed by atoms with Crippen LogP contribution < -0.4 is 15.5 Å². The van der Waals surface area contributed by atoms with Crippen LogP contribution in [-0.4, -0.2) is 49.5 Å². The SMILES string of the molecule is COC(=O)Nc1nccc2c(NCc3cnc(N4CCn5c(nnc5C(F)(F)F)C4)cn3)cccc12.[HH].[HH]. The van der Waals surface area contributed by atoms with Crippen molar-refractivity contribution >= 4 is 34.2 Å². The number of ether oxygens (including phenoxy) is 1. The number of methoxy groups -OCH3 is 1. The maximum Gasteiger partial charge on any atom is 0.451 e. The molecule has 0 unspecified atom stereocenters. The molecule has 1 amide bonds. The van der Waals surface area contributed by atoms with Crippen molar-refractivity contribution in [1.29, 1.82) is 0 Å². The summed E-state index contributed by atoms with van der Waals surface area (Å²) in [7, 11) is 1.28. The van der Waals surface area contributed by atoms with E-state index in [9.17, 15) is 18.0 Å². The Labute approximate surface area is 205 Å². The highest BCUT2D eigenvalue weighted by atomic mass is 19.4. The Balaban J connectivity index is 0.00000200. The molecule has 0 fully saturated rings. The van der Waals surface area contributed by atoms with Crippen molar-refractivity contribution in [1.82, 2.24) is 29.7 Å². The normalized spacial score (nSPS) is 13.4. The highest BCUT2D eigenvalue weighted by Crippen LogP contribution is 2.30. The van der Waals surface area contributed by atoms with Crippen LogP contribution in [0.5, 0.6) is 0 Å². The van der Waals surface area contributed by atoms with Gasteiger partial charge in [0.1, 0.15) is 11.6 Å². The lowest BCUT2D eigenvalue weighted by Crippen LogP contribution is -2.35. The van der Waals surface area contributed by atoms with Gasteiger partial charge in [-0.1, -0.05) is 12.1 Å². The van der Waals surface area contributed by atoms with Crippen LogP contribution in [0.15, 0.2) is 42.9 Å². The lowest BCUT2D eigenvalue weighted by atomic mass is 10.1. The Hall–Kier alpha value is -4.49. The molecule has 2 N–H and O–H groups in total. The number of alkyl halides is 3. The topological polar surface area (TPSA) is 123 Å². The van der Waals surface area contributed by atoms with Gasteiger partial charge in [0.15, 0.2) is 5.82 Å². The maximum absolute atomic E-state index is 13.0. The second-order valence-corrected chi connectivity index (χ2v) is 7.91. The highest BCUT2D eigenvalue weighted by molar-refractivity contribution is 6.03. The summed E-state index contributed by atoms with van der Waals surface area (Å²) in [6, 6.07) is 7.40. The number of hydrogen-bond donors (Lipinski definition) is 2. The molecule has 0 saturated carbocycles. The first-order valence-corrected chi connectivity index (χ1v) is 10.8. The number of rotatable bonds is 5. The van der Waals surface area contributed by atoms with Gasteiger partial charge in [-0.05, 0) is 12.1 Å². The first-order chi connectivity index (χ1) is 17.3. The van der Waals surface area contributed by atoms with Gasteiger partial charge in [0.05, 0.1) is 38.3 Å². The monoisotopic (exact) mass is 503 g/mol. The quantitative estimate of drug-likeness (QED) is 0.417. The molecule has 3 aromatic heterocycles. The number of halogens is 3. The molecule has 1 aliphatic heterocycles. The van der Waals surface area contributed by atoms with Crippen LogP contribution in [0.4, 0.5) is 35.3 Å². The molecule has 0 aliphatic carbocycles. The minimum Gasteiger partial charge on any atom is -0.453 e. The van der Waals surface area contributed by atoms with Gasteiger partial charge < -0.3 is 19.5 Å². The zero-order valence-electron chi connectivity index (χ0n) is 19.0. The third-order valence-corrected chi connectivity index (χ3v) is 5.69. The molecule has 0 radical (unpaired) electrons. The Morgan fingerprint density at radius 3 is 2.72 bits per heavy atom. The second-order valence-electron chi connectivity index (χ2n) is 7.91. The number of pyridine rings is 1. The number of fused-ring (bicyclic) bond motifs is 2. The van der Waals surface area contributed by atoms with E-state index in [1.165, 1.54) is 7.11 Å². The van der Waals surface area contributed by atoms with E-state index in [2.05, 4.69) is 40.5 Å². The fourth-order valence-corrected chi connectivity index (χ4v) is 3.96. The first kappa shape index (κ1) is 23.3. The molecule has 0 spiro atoms. The van der Waals surface area contributed by atoms with Crippen molar-refractivity contribution in [2.75, 3.05) is 29.2 Å². The fraction of sp³-hybridized carbons (Fsp3) is 0.273. The van der Waals surface area contributed by atoms with Crippen LogP contribution in [0.25, 0.3) is 10.8 Å². The van der Waals surface area contributed by atoms with Gasteiger partial charge in [-0.15, -0.1) is 10.2 Å². The van der Waals surface area contributed by atoms with E-state index in [1.807, 2.05) is 29.2 Å². The number of nitrogens with zero attached hydrogens (tertiary/aromatic N) is 7. The Morgan fingerprint density at radius 1 is 1.11 bits per heavy atom. The lowest BCUT2D eigenvalue weighted by Gasteiger charge is -2.28. The van der Waals surface area contributed by atoms with Crippen molar-refractivity contribution in [3.63, 3.8) is 0 Å². The second kappa shape index (κ2) is 9.28. The number of hydrogen-bond acceptors (Lipinski definition) is 9. The predicted molar refractivity (Wildman–Crippen MR) is 127 cm³/mol. The van der Waals surface area contributed by atoms with Gasteiger partial charge in [-0.25, -0.2) is 14.8 Å². The van der Waals surface area contributed by atoms with Gasteiger partial charge in [0.25, 0.3) is 0 Å². The standard InChI is InChI=1S/C22H20F3N9O2.2H2/c1-36-21(35)30-19-15-3-2-4-16(14(15)5-6-26-19)28-9-13-10-29-17(11-27-13)33-7-8-34-18(12-33)31-32-20(34)22(23,24)25;;/h2-6,10-11,28H,7-9,12H2,1H3,(H,26,30,35);2*1H. The third kappa shape index (κ3) is 4.56. The van der Waals surface area contributed by atoms with Crippen molar-refractivity contribution in [2.24, 2.45) is 0 Å². The molecule has 190 valence electrons. The molecule has 5 rings (SSSR count). The number of amides is 1. The minimum absolute atomic E-state index is 0. The van der Waals surface area contributed by atoms with Crippen LogP contribution in [0, 0.1) is 0 Å². The first-order valence-electron chi connectivity index (χ1n) is 10.8. The minimum atomic E-state index is -4.54. The number of carbonyl (C=O) groups is 1. The van der Waals surface area contributed by atoms with Gasteiger partial charge >= 0.3 is 12.3 Å². The molecule has 1 aromatic carbocycles. The number of nitrogens with one attached hydrogen (secondary N) is 2. The van der Waals surface area contributed by atoms with Crippen LogP contribution >= 0.6 is 0 Å². The summed E-state index contributed by atoms with van der Waals surface area (Å²) in [6.45, 7) is 0.955. The Bertz CT molecular complexity index is 1420. The van der Waals surface area contributed by atoms with E-state index < -0.39 is 18.1 Å². The molecule has 4 aromatic rings. The molecule has 36 heavy (non-hydrogen) atoms. The zero-order chi connectivity index (χ0) is 25.3. The third-order valence-electron chi connectivity index (χ3n) is 5.69. The van der Waals surface area contributed by atoms with E-state index in [0.29, 0.717) is 30.4 Å². The van der Waals surface area contributed by atoms with Crippen molar-refractivity contribution in [3.8, 4) is 0 Å². The van der Waals surface area contributed by atoms with E-state index >= 15 is 0 Å². The molecule has 0 saturated heterocycles. The largest absolute Gasteiger partial charge is 0.453 e. The maximum atomic E-state index is 13.0. The molecule has 0 atom stereocenters. The number of aromatic nitrogens is 6. The number of carbonyl (C=O) groups excluding carboxylic acids is 1. The summed E-state index contributed by atoms with van der Waals surface area (Å²) in [5, 5.41) is 14.5. The van der Waals surface area contributed by atoms with E-state index in [4.69, 9.17) is 0 Å². The van der Waals surface area contributed by atoms with Crippen LogP contribution in [0.3, 0.4) is 0 Å². The summed E-state index contributed by atoms with van der Waals surface area (Å²) in [4.78, 5) is 26.5. The Kier molecular flexibility index (Phi) is 6.00. The Morgan fingerprint density at radius 2 is 1.97 bits per heavy atom. The van der Waals surface area contributed by atoms with Gasteiger partial charge in [-0.3, -0.25) is 10.3 Å². The molecular formula is C22H24F3N9O2. The molecule has 14 heteroatoms. The van der Waals surface area contributed by atoms with Gasteiger partial charge in [-0.2, -0.15) is 13.2 Å². The molecule has 11 nitrogen and oxygen atoms in total. The summed E-state index contributed by atoms with van der Waals surface area (Å²) in [5.41, 5.74) is 1.47. The van der Waals surface area contributed by atoms with Crippen molar-refractivity contribution in [3.05, 3.63) is 60.2 Å².